The van der Waals surface area contributed by atoms with Gasteiger partial charge in [-0.25, -0.2) is 0 Å². The molecule has 3 rings (SSSR count). The number of Topliss-reactive ketones (excluding diaryl/α,β-unsaturated/α-hetero) is 1. The quantitative estimate of drug-likeness (QED) is 0.725. The molecule has 24 heavy (non-hydrogen) atoms. The van der Waals surface area contributed by atoms with E-state index >= 15 is 0 Å². The second-order valence-electron chi connectivity index (χ2n) is 7.74. The first kappa shape index (κ1) is 17.4. The fourth-order valence-electron chi connectivity index (χ4n) is 4.34. The van der Waals surface area contributed by atoms with Gasteiger partial charge < -0.3 is 9.80 Å². The van der Waals surface area contributed by atoms with E-state index in [9.17, 15) is 14.4 Å². The van der Waals surface area contributed by atoms with E-state index in [2.05, 4.69) is 0 Å². The van der Waals surface area contributed by atoms with Gasteiger partial charge in [-0.15, -0.1) is 0 Å². The van der Waals surface area contributed by atoms with Crippen molar-refractivity contribution in [3.63, 3.8) is 0 Å². The molecular formula is C19H30N2O3. The molecule has 1 heterocycles. The Labute approximate surface area is 144 Å². The van der Waals surface area contributed by atoms with Crippen LogP contribution in [0.15, 0.2) is 0 Å². The Bertz CT molecular complexity index is 507. The van der Waals surface area contributed by atoms with Crippen molar-refractivity contribution in [2.24, 2.45) is 11.3 Å². The van der Waals surface area contributed by atoms with E-state index in [1.807, 2.05) is 16.7 Å². The van der Waals surface area contributed by atoms with Gasteiger partial charge in [0, 0.05) is 39.0 Å². The van der Waals surface area contributed by atoms with Crippen molar-refractivity contribution in [3.05, 3.63) is 0 Å². The maximum Gasteiger partial charge on any atom is 0.236 e. The minimum absolute atomic E-state index is 0.0134. The summed E-state index contributed by atoms with van der Waals surface area (Å²) in [6, 6.07) is 0. The van der Waals surface area contributed by atoms with E-state index in [0.29, 0.717) is 51.2 Å². The van der Waals surface area contributed by atoms with E-state index in [1.165, 1.54) is 25.7 Å². The first-order chi connectivity index (χ1) is 11.6. The molecule has 0 atom stereocenters. The highest BCUT2D eigenvalue weighted by atomic mass is 16.2. The number of ketones is 1. The molecule has 0 spiro atoms. The molecule has 2 amide bonds. The van der Waals surface area contributed by atoms with E-state index in [-0.39, 0.29) is 17.6 Å². The van der Waals surface area contributed by atoms with Gasteiger partial charge >= 0.3 is 0 Å². The minimum Gasteiger partial charge on any atom is -0.341 e. The molecule has 5 nitrogen and oxygen atoms in total. The fourth-order valence-corrected chi connectivity index (χ4v) is 4.34. The van der Waals surface area contributed by atoms with Crippen LogP contribution in [-0.2, 0) is 14.4 Å². The van der Waals surface area contributed by atoms with Crippen LogP contribution in [0.2, 0.25) is 0 Å². The van der Waals surface area contributed by atoms with Crippen LogP contribution in [0.4, 0.5) is 0 Å². The molecule has 0 aromatic carbocycles. The van der Waals surface area contributed by atoms with Gasteiger partial charge in [-0.3, -0.25) is 14.4 Å². The van der Waals surface area contributed by atoms with E-state index in [1.54, 1.807) is 0 Å². The van der Waals surface area contributed by atoms with Crippen LogP contribution < -0.4 is 0 Å². The summed E-state index contributed by atoms with van der Waals surface area (Å²) in [6.07, 6.45) is 8.23. The third-order valence-electron chi connectivity index (χ3n) is 6.09. The number of hydrogen-bond donors (Lipinski definition) is 0. The third kappa shape index (κ3) is 3.50. The van der Waals surface area contributed by atoms with Crippen LogP contribution in [0.5, 0.6) is 0 Å². The maximum absolute atomic E-state index is 12.8. The highest BCUT2D eigenvalue weighted by molar-refractivity contribution is 6.08. The molecule has 1 saturated heterocycles. The molecule has 1 aliphatic heterocycles. The van der Waals surface area contributed by atoms with E-state index < -0.39 is 5.41 Å². The molecule has 134 valence electrons. The number of carbonyl (C=O) groups is 3. The number of amides is 2. The van der Waals surface area contributed by atoms with Gasteiger partial charge in [-0.05, 0) is 38.0 Å². The maximum atomic E-state index is 12.8. The van der Waals surface area contributed by atoms with Crippen LogP contribution in [0.3, 0.4) is 0 Å². The number of hydrogen-bond acceptors (Lipinski definition) is 3. The summed E-state index contributed by atoms with van der Waals surface area (Å²) in [5, 5.41) is 0. The lowest BCUT2D eigenvalue weighted by molar-refractivity contribution is -0.143. The summed E-state index contributed by atoms with van der Waals surface area (Å²) >= 11 is 0. The Balaban J connectivity index is 1.54. The van der Waals surface area contributed by atoms with Crippen molar-refractivity contribution >= 4 is 17.6 Å². The second kappa shape index (κ2) is 7.24. The van der Waals surface area contributed by atoms with Gasteiger partial charge in [0.05, 0.1) is 0 Å². The predicted octanol–water partition coefficient (Wildman–Crippen LogP) is 2.39. The summed E-state index contributed by atoms with van der Waals surface area (Å²) in [5.41, 5.74) is -0.711. The smallest absolute Gasteiger partial charge is 0.236 e. The van der Waals surface area contributed by atoms with Crippen molar-refractivity contribution in [1.29, 1.82) is 0 Å². The normalized spacial score (nSPS) is 23.9. The van der Waals surface area contributed by atoms with Crippen molar-refractivity contribution in [3.8, 4) is 0 Å². The Kier molecular flexibility index (Phi) is 5.26. The van der Waals surface area contributed by atoms with Crippen molar-refractivity contribution < 1.29 is 14.4 Å². The molecule has 2 aliphatic carbocycles. The fraction of sp³-hybridized carbons (Fsp3) is 0.842. The average molecular weight is 334 g/mol. The molecule has 0 radical (unpaired) electrons. The lowest BCUT2D eigenvalue weighted by Crippen LogP contribution is -2.43. The summed E-state index contributed by atoms with van der Waals surface area (Å²) in [4.78, 5) is 41.2. The van der Waals surface area contributed by atoms with Gasteiger partial charge in [0.2, 0.25) is 11.8 Å². The van der Waals surface area contributed by atoms with Crippen molar-refractivity contribution in [1.82, 2.24) is 9.80 Å². The zero-order chi connectivity index (χ0) is 17.2. The Morgan fingerprint density at radius 2 is 1.54 bits per heavy atom. The van der Waals surface area contributed by atoms with Gasteiger partial charge in [0.25, 0.3) is 0 Å². The molecule has 0 aromatic rings. The van der Waals surface area contributed by atoms with Crippen LogP contribution in [0.25, 0.3) is 0 Å². The first-order valence-electron chi connectivity index (χ1n) is 9.67. The Hall–Kier alpha value is -1.39. The lowest BCUT2D eigenvalue weighted by Gasteiger charge is -2.26. The SMILES string of the molecule is CCC(=O)C1(C(=O)N2CCCN(C(=O)CC3CCCC3)CC2)CC1. The topological polar surface area (TPSA) is 57.7 Å². The van der Waals surface area contributed by atoms with Crippen molar-refractivity contribution in [2.45, 2.75) is 64.7 Å². The van der Waals surface area contributed by atoms with Gasteiger partial charge in [0.15, 0.2) is 0 Å². The van der Waals surface area contributed by atoms with Crippen molar-refractivity contribution in [2.75, 3.05) is 26.2 Å². The van der Waals surface area contributed by atoms with Gasteiger partial charge in [0.1, 0.15) is 11.2 Å². The van der Waals surface area contributed by atoms with Gasteiger partial charge in [-0.1, -0.05) is 19.8 Å². The van der Waals surface area contributed by atoms with Crippen LogP contribution >= 0.6 is 0 Å². The highest BCUT2D eigenvalue weighted by Gasteiger charge is 2.56. The molecular weight excluding hydrogens is 304 g/mol. The predicted molar refractivity (Wildman–Crippen MR) is 91.3 cm³/mol. The summed E-state index contributed by atoms with van der Waals surface area (Å²) in [6.45, 7) is 4.44. The third-order valence-corrected chi connectivity index (χ3v) is 6.09. The molecule has 5 heteroatoms. The summed E-state index contributed by atoms with van der Waals surface area (Å²) in [7, 11) is 0. The average Bonchev–Trinajstić information content (AvgIpc) is 3.31. The molecule has 2 saturated carbocycles. The lowest BCUT2D eigenvalue weighted by atomic mass is 9.97. The van der Waals surface area contributed by atoms with E-state index in [4.69, 9.17) is 0 Å². The Morgan fingerprint density at radius 3 is 2.17 bits per heavy atom. The molecule has 0 N–H and O–H groups in total. The molecule has 0 bridgehead atoms. The monoisotopic (exact) mass is 334 g/mol. The molecule has 0 unspecified atom stereocenters. The number of rotatable bonds is 5. The second-order valence-corrected chi connectivity index (χ2v) is 7.74. The standard InChI is InChI=1S/C19H30N2O3/c1-2-16(22)19(8-9-19)18(24)21-11-5-10-20(12-13-21)17(23)14-15-6-3-4-7-15/h15H,2-14H2,1H3. The molecule has 3 fully saturated rings. The minimum atomic E-state index is -0.711. The molecule has 3 aliphatic rings. The zero-order valence-corrected chi connectivity index (χ0v) is 14.9. The van der Waals surface area contributed by atoms with Crippen LogP contribution in [0, 0.1) is 11.3 Å². The van der Waals surface area contributed by atoms with Gasteiger partial charge in [-0.2, -0.15) is 0 Å². The number of carbonyl (C=O) groups excluding carboxylic acids is 3. The van der Waals surface area contributed by atoms with Crippen LogP contribution in [0.1, 0.15) is 64.7 Å². The summed E-state index contributed by atoms with van der Waals surface area (Å²) in [5.74, 6) is 0.919. The van der Waals surface area contributed by atoms with Crippen LogP contribution in [-0.4, -0.2) is 53.6 Å². The number of nitrogens with zero attached hydrogens (tertiary/aromatic N) is 2. The zero-order valence-electron chi connectivity index (χ0n) is 14.9. The first-order valence-corrected chi connectivity index (χ1v) is 9.67. The van der Waals surface area contributed by atoms with E-state index in [0.717, 1.165) is 13.0 Å². The molecule has 0 aromatic heterocycles. The largest absolute Gasteiger partial charge is 0.341 e. The summed E-state index contributed by atoms with van der Waals surface area (Å²) < 4.78 is 0. The highest BCUT2D eigenvalue weighted by Crippen LogP contribution is 2.49. The Morgan fingerprint density at radius 1 is 0.917 bits per heavy atom.